The molecule has 1 heterocycles. The number of hydrogen-bond acceptors (Lipinski definition) is 4. The smallest absolute Gasteiger partial charge is 0.308 e. The summed E-state index contributed by atoms with van der Waals surface area (Å²) < 4.78 is 11.7. The van der Waals surface area contributed by atoms with Crippen LogP contribution in [0.1, 0.15) is 37.6 Å². The zero-order chi connectivity index (χ0) is 22.6. The SMILES string of the molecule is CC(=O)Oc1cccc(CC2=C(c3nc(-c4ccccc4)c(-c4ccccc4)o3)CCC2)c1. The molecule has 4 nitrogen and oxygen atoms in total. The number of rotatable bonds is 6. The van der Waals surface area contributed by atoms with E-state index >= 15 is 0 Å². The molecule has 4 heteroatoms. The molecule has 1 aromatic heterocycles. The van der Waals surface area contributed by atoms with Crippen molar-refractivity contribution in [3.8, 4) is 28.3 Å². The first-order valence-corrected chi connectivity index (χ1v) is 11.3. The molecule has 1 aliphatic rings. The fraction of sp³-hybridized carbons (Fsp3) is 0.172. The zero-order valence-corrected chi connectivity index (χ0v) is 18.6. The van der Waals surface area contributed by atoms with E-state index < -0.39 is 0 Å². The van der Waals surface area contributed by atoms with Crippen LogP contribution in [0.25, 0.3) is 28.2 Å². The van der Waals surface area contributed by atoms with Crippen LogP contribution >= 0.6 is 0 Å². The van der Waals surface area contributed by atoms with Crippen LogP contribution in [0.15, 0.2) is 94.9 Å². The second-order valence-electron chi connectivity index (χ2n) is 8.28. The van der Waals surface area contributed by atoms with Gasteiger partial charge in [-0.2, -0.15) is 0 Å². The van der Waals surface area contributed by atoms with E-state index in [2.05, 4.69) is 30.3 Å². The summed E-state index contributed by atoms with van der Waals surface area (Å²) in [5, 5.41) is 0. The molecule has 3 aromatic carbocycles. The van der Waals surface area contributed by atoms with Gasteiger partial charge in [-0.1, -0.05) is 78.4 Å². The lowest BCUT2D eigenvalue weighted by Gasteiger charge is -2.07. The van der Waals surface area contributed by atoms with Crippen LogP contribution in [0.3, 0.4) is 0 Å². The molecule has 0 N–H and O–H groups in total. The minimum Gasteiger partial charge on any atom is -0.436 e. The Morgan fingerprint density at radius 3 is 2.36 bits per heavy atom. The van der Waals surface area contributed by atoms with Gasteiger partial charge in [0.2, 0.25) is 5.89 Å². The van der Waals surface area contributed by atoms with Crippen LogP contribution in [-0.2, 0) is 11.2 Å². The van der Waals surface area contributed by atoms with Crippen molar-refractivity contribution < 1.29 is 13.9 Å². The van der Waals surface area contributed by atoms with Crippen molar-refractivity contribution in [2.45, 2.75) is 32.6 Å². The number of carbonyl (C=O) groups excluding carboxylic acids is 1. The average molecular weight is 436 g/mol. The second-order valence-corrected chi connectivity index (χ2v) is 8.28. The Bertz CT molecular complexity index is 1250. The molecule has 1 aliphatic carbocycles. The second kappa shape index (κ2) is 9.29. The number of allylic oxidation sites excluding steroid dienone is 2. The summed E-state index contributed by atoms with van der Waals surface area (Å²) in [4.78, 5) is 16.3. The summed E-state index contributed by atoms with van der Waals surface area (Å²) >= 11 is 0. The molecule has 4 aromatic rings. The van der Waals surface area contributed by atoms with Gasteiger partial charge < -0.3 is 9.15 Å². The predicted octanol–water partition coefficient (Wildman–Crippen LogP) is 7.11. The number of carbonyl (C=O) groups is 1. The molecule has 0 saturated carbocycles. The van der Waals surface area contributed by atoms with Crippen molar-refractivity contribution in [2.75, 3.05) is 0 Å². The lowest BCUT2D eigenvalue weighted by atomic mass is 10.0. The van der Waals surface area contributed by atoms with Gasteiger partial charge in [0.25, 0.3) is 0 Å². The molecule has 33 heavy (non-hydrogen) atoms. The van der Waals surface area contributed by atoms with Crippen LogP contribution in [0.2, 0.25) is 0 Å². The van der Waals surface area contributed by atoms with Gasteiger partial charge in [0.05, 0.1) is 0 Å². The van der Waals surface area contributed by atoms with E-state index in [-0.39, 0.29) is 5.97 Å². The highest BCUT2D eigenvalue weighted by atomic mass is 16.5. The lowest BCUT2D eigenvalue weighted by Crippen LogP contribution is -2.01. The Morgan fingerprint density at radius 1 is 0.909 bits per heavy atom. The van der Waals surface area contributed by atoms with Gasteiger partial charge in [0, 0.05) is 23.6 Å². The minimum atomic E-state index is -0.311. The van der Waals surface area contributed by atoms with Gasteiger partial charge in [-0.15, -0.1) is 0 Å². The van der Waals surface area contributed by atoms with E-state index in [0.29, 0.717) is 11.6 Å². The van der Waals surface area contributed by atoms with Gasteiger partial charge in [-0.25, -0.2) is 4.98 Å². The molecule has 0 spiro atoms. The first-order chi connectivity index (χ1) is 16.2. The van der Waals surface area contributed by atoms with E-state index in [1.807, 2.05) is 48.5 Å². The summed E-state index contributed by atoms with van der Waals surface area (Å²) in [7, 11) is 0. The number of benzene rings is 3. The summed E-state index contributed by atoms with van der Waals surface area (Å²) in [6.45, 7) is 1.42. The zero-order valence-electron chi connectivity index (χ0n) is 18.6. The highest BCUT2D eigenvalue weighted by Gasteiger charge is 2.24. The molecule has 0 fully saturated rings. The standard InChI is InChI=1S/C29H25NO3/c1-20(31)32-25-16-8-10-21(19-25)18-24-15-9-17-26(24)29-30-27(22-11-4-2-5-12-22)28(33-29)23-13-6-3-7-14-23/h2-8,10-14,16,19H,9,15,17-18H2,1H3. The Morgan fingerprint density at radius 2 is 1.64 bits per heavy atom. The summed E-state index contributed by atoms with van der Waals surface area (Å²) in [5.41, 5.74) is 6.56. The average Bonchev–Trinajstić information content (AvgIpc) is 3.47. The Labute approximate surface area is 193 Å². The van der Waals surface area contributed by atoms with Crippen LogP contribution in [0.5, 0.6) is 5.75 Å². The van der Waals surface area contributed by atoms with Gasteiger partial charge in [0.1, 0.15) is 11.4 Å². The van der Waals surface area contributed by atoms with Gasteiger partial charge in [0.15, 0.2) is 5.76 Å². The lowest BCUT2D eigenvalue weighted by molar-refractivity contribution is -0.131. The highest BCUT2D eigenvalue weighted by Crippen LogP contribution is 2.40. The largest absolute Gasteiger partial charge is 0.436 e. The molecule has 0 unspecified atom stereocenters. The number of aromatic nitrogens is 1. The Hall–Kier alpha value is -3.92. The summed E-state index contributed by atoms with van der Waals surface area (Å²) in [6, 6.07) is 28.1. The predicted molar refractivity (Wildman–Crippen MR) is 130 cm³/mol. The van der Waals surface area contributed by atoms with Crippen LogP contribution in [0.4, 0.5) is 0 Å². The molecule has 164 valence electrons. The van der Waals surface area contributed by atoms with Gasteiger partial charge >= 0.3 is 5.97 Å². The molecule has 0 radical (unpaired) electrons. The molecular weight excluding hydrogens is 410 g/mol. The number of ether oxygens (including phenoxy) is 1. The number of hydrogen-bond donors (Lipinski definition) is 0. The maximum Gasteiger partial charge on any atom is 0.308 e. The van der Waals surface area contributed by atoms with E-state index in [9.17, 15) is 4.79 Å². The summed E-state index contributed by atoms with van der Waals surface area (Å²) in [5.74, 6) is 1.77. The fourth-order valence-electron chi connectivity index (χ4n) is 4.42. The van der Waals surface area contributed by atoms with Crippen LogP contribution < -0.4 is 4.74 Å². The third kappa shape index (κ3) is 4.65. The molecule has 0 atom stereocenters. The van der Waals surface area contributed by atoms with Crippen LogP contribution in [0, 0.1) is 0 Å². The van der Waals surface area contributed by atoms with E-state index in [1.54, 1.807) is 6.07 Å². The monoisotopic (exact) mass is 435 g/mol. The fourth-order valence-corrected chi connectivity index (χ4v) is 4.42. The molecule has 0 aliphatic heterocycles. The number of oxazole rings is 1. The summed E-state index contributed by atoms with van der Waals surface area (Å²) in [6.07, 6.45) is 3.82. The van der Waals surface area contributed by atoms with Crippen molar-refractivity contribution in [2.24, 2.45) is 0 Å². The quantitative estimate of drug-likeness (QED) is 0.239. The van der Waals surface area contributed by atoms with Crippen molar-refractivity contribution in [1.82, 2.24) is 4.98 Å². The van der Waals surface area contributed by atoms with E-state index in [4.69, 9.17) is 14.1 Å². The first-order valence-electron chi connectivity index (χ1n) is 11.3. The van der Waals surface area contributed by atoms with Crippen molar-refractivity contribution in [1.29, 1.82) is 0 Å². The van der Waals surface area contributed by atoms with Crippen molar-refractivity contribution >= 4 is 11.5 Å². The molecule has 0 amide bonds. The van der Waals surface area contributed by atoms with E-state index in [1.165, 1.54) is 18.1 Å². The number of nitrogens with zero attached hydrogens (tertiary/aromatic N) is 1. The van der Waals surface area contributed by atoms with Crippen molar-refractivity contribution in [3.05, 3.63) is 102 Å². The van der Waals surface area contributed by atoms with Gasteiger partial charge in [-0.05, 0) is 43.4 Å². The molecule has 5 rings (SSSR count). The van der Waals surface area contributed by atoms with Gasteiger partial charge in [-0.3, -0.25) is 4.79 Å². The molecule has 0 saturated heterocycles. The topological polar surface area (TPSA) is 52.3 Å². The minimum absolute atomic E-state index is 0.311. The number of esters is 1. The highest BCUT2D eigenvalue weighted by molar-refractivity contribution is 5.79. The third-order valence-corrected chi connectivity index (χ3v) is 5.88. The Balaban J connectivity index is 1.53. The van der Waals surface area contributed by atoms with Crippen molar-refractivity contribution in [3.63, 3.8) is 0 Å². The maximum absolute atomic E-state index is 11.3. The molecule has 0 bridgehead atoms. The maximum atomic E-state index is 11.3. The Kier molecular flexibility index (Phi) is 5.90. The third-order valence-electron chi connectivity index (χ3n) is 5.88. The molecular formula is C29H25NO3. The van der Waals surface area contributed by atoms with E-state index in [0.717, 1.165) is 53.8 Å². The van der Waals surface area contributed by atoms with Crippen LogP contribution in [-0.4, -0.2) is 11.0 Å². The first kappa shape index (κ1) is 21.0. The normalized spacial score (nSPS) is 13.4.